The quantitative estimate of drug-likeness (QED) is 0.672. The Labute approximate surface area is 100 Å². The highest BCUT2D eigenvalue weighted by Gasteiger charge is 2.40. The van der Waals surface area contributed by atoms with Crippen LogP contribution in [0.2, 0.25) is 0 Å². The summed E-state index contributed by atoms with van der Waals surface area (Å²) in [5.74, 6) is 0.798. The molecule has 2 fully saturated rings. The molecule has 0 aromatic carbocycles. The molecule has 2 saturated heterocycles. The Morgan fingerprint density at radius 1 is 1.31 bits per heavy atom. The van der Waals surface area contributed by atoms with Crippen LogP contribution in [0.1, 0.15) is 58.8 Å². The molecule has 2 heterocycles. The van der Waals surface area contributed by atoms with Crippen molar-refractivity contribution < 1.29 is 4.74 Å². The molecular weight excluding hydrogens is 198 g/mol. The summed E-state index contributed by atoms with van der Waals surface area (Å²) in [5.41, 5.74) is 0. The highest BCUT2D eigenvalue weighted by Crippen LogP contribution is 2.38. The average Bonchev–Trinajstić information content (AvgIpc) is 2.88. The molecule has 4 unspecified atom stereocenters. The van der Waals surface area contributed by atoms with E-state index in [4.69, 9.17) is 4.74 Å². The minimum atomic E-state index is 0.584. The van der Waals surface area contributed by atoms with Gasteiger partial charge in [0.05, 0.1) is 12.2 Å². The van der Waals surface area contributed by atoms with E-state index >= 15 is 0 Å². The van der Waals surface area contributed by atoms with E-state index in [2.05, 4.69) is 19.2 Å². The molecule has 0 aromatic rings. The number of hydrogen-bond donors (Lipinski definition) is 1. The summed E-state index contributed by atoms with van der Waals surface area (Å²) in [6.07, 6.45) is 10.5. The molecule has 0 spiro atoms. The first kappa shape index (κ1) is 12.4. The molecule has 94 valence electrons. The number of ether oxygens (including phenoxy) is 1. The van der Waals surface area contributed by atoms with E-state index in [0.29, 0.717) is 18.2 Å². The van der Waals surface area contributed by atoms with Gasteiger partial charge in [0.1, 0.15) is 0 Å². The SMILES string of the molecule is CCCCCC(C)NCC1CC2CCC1O2. The highest BCUT2D eigenvalue weighted by atomic mass is 16.5. The summed E-state index contributed by atoms with van der Waals surface area (Å²) in [6.45, 7) is 5.77. The maximum atomic E-state index is 5.88. The number of nitrogens with one attached hydrogen (secondary N) is 1. The predicted molar refractivity (Wildman–Crippen MR) is 67.6 cm³/mol. The Balaban J connectivity index is 1.57. The molecule has 0 radical (unpaired) electrons. The Hall–Kier alpha value is -0.0800. The Morgan fingerprint density at radius 3 is 2.81 bits per heavy atom. The normalized spacial score (nSPS) is 34.5. The molecule has 2 nitrogen and oxygen atoms in total. The van der Waals surface area contributed by atoms with Gasteiger partial charge in [-0.2, -0.15) is 0 Å². The summed E-state index contributed by atoms with van der Waals surface area (Å²) < 4.78 is 5.88. The van der Waals surface area contributed by atoms with Crippen LogP contribution < -0.4 is 5.32 Å². The summed E-state index contributed by atoms with van der Waals surface area (Å²) in [5, 5.41) is 3.69. The van der Waals surface area contributed by atoms with Crippen LogP contribution in [0.15, 0.2) is 0 Å². The molecule has 2 aliphatic heterocycles. The number of rotatable bonds is 7. The van der Waals surface area contributed by atoms with Crippen LogP contribution in [0.3, 0.4) is 0 Å². The zero-order valence-corrected chi connectivity index (χ0v) is 10.9. The topological polar surface area (TPSA) is 21.3 Å². The fourth-order valence-corrected chi connectivity index (χ4v) is 3.11. The molecule has 2 aliphatic rings. The third-order valence-electron chi connectivity index (χ3n) is 4.20. The van der Waals surface area contributed by atoms with Crippen molar-refractivity contribution in [1.82, 2.24) is 5.32 Å². The summed E-state index contributed by atoms with van der Waals surface area (Å²) in [6, 6.07) is 0.686. The standard InChI is InChI=1S/C14H27NO/c1-3-4-5-6-11(2)15-10-12-9-13-7-8-14(12)16-13/h11-15H,3-10H2,1-2H3. The van der Waals surface area contributed by atoms with E-state index in [9.17, 15) is 0 Å². The molecule has 0 amide bonds. The van der Waals surface area contributed by atoms with Gasteiger partial charge in [0.25, 0.3) is 0 Å². The molecule has 0 aromatic heterocycles. The third kappa shape index (κ3) is 3.21. The zero-order valence-electron chi connectivity index (χ0n) is 10.9. The molecule has 16 heavy (non-hydrogen) atoms. The van der Waals surface area contributed by atoms with E-state index in [1.807, 2.05) is 0 Å². The van der Waals surface area contributed by atoms with Crippen LogP contribution in [-0.2, 0) is 4.74 Å². The first-order valence-corrected chi connectivity index (χ1v) is 7.18. The predicted octanol–water partition coefficient (Wildman–Crippen LogP) is 3.11. The van der Waals surface area contributed by atoms with Gasteiger partial charge in [0, 0.05) is 18.5 Å². The fraction of sp³-hybridized carbons (Fsp3) is 1.00. The van der Waals surface area contributed by atoms with Crippen LogP contribution >= 0.6 is 0 Å². The second-order valence-corrected chi connectivity index (χ2v) is 5.67. The molecule has 0 aliphatic carbocycles. The van der Waals surface area contributed by atoms with Gasteiger partial charge < -0.3 is 10.1 Å². The Morgan fingerprint density at radius 2 is 2.19 bits per heavy atom. The van der Waals surface area contributed by atoms with E-state index in [0.717, 1.165) is 5.92 Å². The van der Waals surface area contributed by atoms with Crippen molar-refractivity contribution in [3.05, 3.63) is 0 Å². The fourth-order valence-electron chi connectivity index (χ4n) is 3.11. The first-order chi connectivity index (χ1) is 7.79. The maximum Gasteiger partial charge on any atom is 0.0621 e. The Bertz CT molecular complexity index is 207. The van der Waals surface area contributed by atoms with Crippen molar-refractivity contribution in [2.75, 3.05) is 6.54 Å². The lowest BCUT2D eigenvalue weighted by molar-refractivity contribution is 0.0920. The van der Waals surface area contributed by atoms with E-state index in [-0.39, 0.29) is 0 Å². The Kier molecular flexibility index (Phi) is 4.66. The van der Waals surface area contributed by atoms with Crippen LogP contribution in [-0.4, -0.2) is 24.8 Å². The van der Waals surface area contributed by atoms with Crippen LogP contribution in [0.5, 0.6) is 0 Å². The number of unbranched alkanes of at least 4 members (excludes halogenated alkanes) is 2. The van der Waals surface area contributed by atoms with Gasteiger partial charge in [-0.1, -0.05) is 26.2 Å². The molecule has 4 atom stereocenters. The lowest BCUT2D eigenvalue weighted by Crippen LogP contribution is -2.34. The lowest BCUT2D eigenvalue weighted by Gasteiger charge is -2.21. The monoisotopic (exact) mass is 225 g/mol. The molecule has 1 N–H and O–H groups in total. The van der Waals surface area contributed by atoms with Gasteiger partial charge in [-0.3, -0.25) is 0 Å². The average molecular weight is 225 g/mol. The lowest BCUT2D eigenvalue weighted by atomic mass is 9.89. The van der Waals surface area contributed by atoms with Gasteiger partial charge in [-0.25, -0.2) is 0 Å². The highest BCUT2D eigenvalue weighted by molar-refractivity contribution is 4.90. The van der Waals surface area contributed by atoms with Crippen molar-refractivity contribution in [3.8, 4) is 0 Å². The van der Waals surface area contributed by atoms with Gasteiger partial charge in [-0.15, -0.1) is 0 Å². The largest absolute Gasteiger partial charge is 0.375 e. The second-order valence-electron chi connectivity index (χ2n) is 5.67. The summed E-state index contributed by atoms with van der Waals surface area (Å²) in [7, 11) is 0. The molecule has 0 saturated carbocycles. The van der Waals surface area contributed by atoms with Gasteiger partial charge in [0.15, 0.2) is 0 Å². The van der Waals surface area contributed by atoms with Crippen molar-refractivity contribution in [2.45, 2.75) is 77.0 Å². The molecule has 2 bridgehead atoms. The van der Waals surface area contributed by atoms with Crippen molar-refractivity contribution in [1.29, 1.82) is 0 Å². The first-order valence-electron chi connectivity index (χ1n) is 7.18. The van der Waals surface area contributed by atoms with E-state index < -0.39 is 0 Å². The van der Waals surface area contributed by atoms with Crippen molar-refractivity contribution in [3.63, 3.8) is 0 Å². The van der Waals surface area contributed by atoms with Crippen molar-refractivity contribution >= 4 is 0 Å². The van der Waals surface area contributed by atoms with Crippen LogP contribution in [0.4, 0.5) is 0 Å². The summed E-state index contributed by atoms with van der Waals surface area (Å²) in [4.78, 5) is 0. The smallest absolute Gasteiger partial charge is 0.0621 e. The van der Waals surface area contributed by atoms with Crippen LogP contribution in [0, 0.1) is 5.92 Å². The van der Waals surface area contributed by atoms with Gasteiger partial charge >= 0.3 is 0 Å². The zero-order chi connectivity index (χ0) is 11.4. The minimum absolute atomic E-state index is 0.584. The number of hydrogen-bond acceptors (Lipinski definition) is 2. The molecular formula is C14H27NO. The molecule has 2 heteroatoms. The van der Waals surface area contributed by atoms with Gasteiger partial charge in [0.2, 0.25) is 0 Å². The number of fused-ring (bicyclic) bond motifs is 2. The van der Waals surface area contributed by atoms with Gasteiger partial charge in [-0.05, 0) is 32.6 Å². The minimum Gasteiger partial charge on any atom is -0.375 e. The maximum absolute atomic E-state index is 5.88. The summed E-state index contributed by atoms with van der Waals surface area (Å²) >= 11 is 0. The van der Waals surface area contributed by atoms with Crippen molar-refractivity contribution in [2.24, 2.45) is 5.92 Å². The third-order valence-corrected chi connectivity index (χ3v) is 4.20. The second kappa shape index (κ2) is 6.02. The molecule has 2 rings (SSSR count). The van der Waals surface area contributed by atoms with E-state index in [1.54, 1.807) is 0 Å². The van der Waals surface area contributed by atoms with E-state index in [1.165, 1.54) is 51.5 Å². The van der Waals surface area contributed by atoms with Crippen LogP contribution in [0.25, 0.3) is 0 Å².